The molecule has 108 valence electrons. The SMILES string of the molecule is OCCN(Cc1cc(Br)ccc1F)Cc1sccc1Br. The van der Waals surface area contributed by atoms with Crippen molar-refractivity contribution in [3.63, 3.8) is 0 Å². The van der Waals surface area contributed by atoms with Crippen molar-refractivity contribution in [2.75, 3.05) is 13.2 Å². The number of aliphatic hydroxyl groups is 1. The van der Waals surface area contributed by atoms with Crippen molar-refractivity contribution in [2.45, 2.75) is 13.1 Å². The molecule has 2 rings (SSSR count). The van der Waals surface area contributed by atoms with Crippen molar-refractivity contribution in [1.29, 1.82) is 0 Å². The van der Waals surface area contributed by atoms with Crippen LogP contribution in [0, 0.1) is 5.82 Å². The summed E-state index contributed by atoms with van der Waals surface area (Å²) < 4.78 is 15.7. The summed E-state index contributed by atoms with van der Waals surface area (Å²) in [5.74, 6) is -0.221. The van der Waals surface area contributed by atoms with E-state index in [9.17, 15) is 9.50 Å². The average molecular weight is 423 g/mol. The van der Waals surface area contributed by atoms with Gasteiger partial charge < -0.3 is 5.11 Å². The van der Waals surface area contributed by atoms with Crippen LogP contribution in [0.2, 0.25) is 0 Å². The lowest BCUT2D eigenvalue weighted by Crippen LogP contribution is -2.26. The van der Waals surface area contributed by atoms with Crippen LogP contribution in [0.1, 0.15) is 10.4 Å². The third-order valence-corrected chi connectivity index (χ3v) is 5.28. The smallest absolute Gasteiger partial charge is 0.127 e. The second kappa shape index (κ2) is 7.66. The van der Waals surface area contributed by atoms with Gasteiger partial charge in [-0.25, -0.2) is 4.39 Å². The number of nitrogens with zero attached hydrogens (tertiary/aromatic N) is 1. The van der Waals surface area contributed by atoms with Gasteiger partial charge in [-0.2, -0.15) is 0 Å². The Hall–Kier alpha value is -0.270. The molecule has 0 unspecified atom stereocenters. The van der Waals surface area contributed by atoms with Gasteiger partial charge in [-0.3, -0.25) is 4.90 Å². The average Bonchev–Trinajstić information content (AvgIpc) is 2.80. The van der Waals surface area contributed by atoms with E-state index in [1.54, 1.807) is 23.5 Å². The van der Waals surface area contributed by atoms with E-state index in [1.807, 2.05) is 16.3 Å². The third-order valence-electron chi connectivity index (χ3n) is 2.88. The van der Waals surface area contributed by atoms with Crippen molar-refractivity contribution < 1.29 is 9.50 Å². The Morgan fingerprint density at radius 1 is 1.20 bits per heavy atom. The van der Waals surface area contributed by atoms with Crippen LogP contribution >= 0.6 is 43.2 Å². The maximum Gasteiger partial charge on any atom is 0.127 e. The highest BCUT2D eigenvalue weighted by molar-refractivity contribution is 9.10. The Kier molecular flexibility index (Phi) is 6.17. The summed E-state index contributed by atoms with van der Waals surface area (Å²) in [6.07, 6.45) is 0. The normalized spacial score (nSPS) is 11.2. The third kappa shape index (κ3) is 4.36. The van der Waals surface area contributed by atoms with E-state index in [0.29, 0.717) is 25.2 Å². The molecule has 0 aliphatic heterocycles. The monoisotopic (exact) mass is 421 g/mol. The number of hydrogen-bond acceptors (Lipinski definition) is 3. The van der Waals surface area contributed by atoms with Gasteiger partial charge in [-0.15, -0.1) is 11.3 Å². The summed E-state index contributed by atoms with van der Waals surface area (Å²) >= 11 is 8.50. The van der Waals surface area contributed by atoms with Crippen molar-refractivity contribution in [2.24, 2.45) is 0 Å². The number of hydrogen-bond donors (Lipinski definition) is 1. The molecule has 20 heavy (non-hydrogen) atoms. The number of thiophene rings is 1. The molecule has 0 bridgehead atoms. The lowest BCUT2D eigenvalue weighted by Gasteiger charge is -2.21. The maximum atomic E-state index is 13.8. The van der Waals surface area contributed by atoms with Gasteiger partial charge in [0.25, 0.3) is 0 Å². The Morgan fingerprint density at radius 3 is 2.65 bits per heavy atom. The maximum absolute atomic E-state index is 13.8. The van der Waals surface area contributed by atoms with Gasteiger partial charge in [0.2, 0.25) is 0 Å². The molecule has 1 N–H and O–H groups in total. The van der Waals surface area contributed by atoms with E-state index in [-0.39, 0.29) is 12.4 Å². The molecule has 0 atom stereocenters. The largest absolute Gasteiger partial charge is 0.395 e. The van der Waals surface area contributed by atoms with Gasteiger partial charge in [-0.05, 0) is 45.6 Å². The molecule has 0 fully saturated rings. The highest BCUT2D eigenvalue weighted by Gasteiger charge is 2.12. The quantitative estimate of drug-likeness (QED) is 0.745. The van der Waals surface area contributed by atoms with Crippen LogP contribution in [0.25, 0.3) is 0 Å². The molecule has 1 aromatic carbocycles. The molecule has 0 aliphatic carbocycles. The summed E-state index contributed by atoms with van der Waals surface area (Å²) in [4.78, 5) is 3.20. The minimum Gasteiger partial charge on any atom is -0.395 e. The van der Waals surface area contributed by atoms with Crippen LogP contribution in [-0.2, 0) is 13.1 Å². The van der Waals surface area contributed by atoms with E-state index in [0.717, 1.165) is 8.95 Å². The first-order valence-electron chi connectivity index (χ1n) is 6.09. The lowest BCUT2D eigenvalue weighted by atomic mass is 10.2. The number of benzene rings is 1. The predicted octanol–water partition coefficient (Wildman–Crippen LogP) is 4.41. The Bertz CT molecular complexity index is 576. The highest BCUT2D eigenvalue weighted by Crippen LogP contribution is 2.25. The van der Waals surface area contributed by atoms with Crippen LogP contribution in [0.15, 0.2) is 38.6 Å². The zero-order valence-electron chi connectivity index (χ0n) is 10.7. The van der Waals surface area contributed by atoms with E-state index in [1.165, 1.54) is 10.9 Å². The summed E-state index contributed by atoms with van der Waals surface area (Å²) in [6.45, 7) is 1.72. The van der Waals surface area contributed by atoms with Crippen molar-refractivity contribution in [3.05, 3.63) is 54.8 Å². The number of halogens is 3. The molecule has 0 radical (unpaired) electrons. The van der Waals surface area contributed by atoms with Gasteiger partial charge in [0, 0.05) is 39.0 Å². The molecular weight excluding hydrogens is 409 g/mol. The van der Waals surface area contributed by atoms with Gasteiger partial charge in [0.1, 0.15) is 5.82 Å². The summed E-state index contributed by atoms with van der Waals surface area (Å²) in [7, 11) is 0. The van der Waals surface area contributed by atoms with E-state index >= 15 is 0 Å². The molecule has 1 aromatic heterocycles. The first kappa shape index (κ1) is 16.1. The van der Waals surface area contributed by atoms with Crippen molar-refractivity contribution in [1.82, 2.24) is 4.90 Å². The zero-order valence-corrected chi connectivity index (χ0v) is 14.6. The Labute approximate surface area is 138 Å². The molecule has 0 aliphatic rings. The molecule has 6 heteroatoms. The molecule has 1 heterocycles. The van der Waals surface area contributed by atoms with Crippen molar-refractivity contribution in [3.8, 4) is 0 Å². The summed E-state index contributed by atoms with van der Waals surface area (Å²) in [5.41, 5.74) is 0.625. The fourth-order valence-electron chi connectivity index (χ4n) is 1.90. The van der Waals surface area contributed by atoms with Crippen LogP contribution in [0.4, 0.5) is 4.39 Å². The second-order valence-corrected chi connectivity index (χ2v) is 7.13. The van der Waals surface area contributed by atoms with E-state index < -0.39 is 0 Å². The number of rotatable bonds is 6. The zero-order chi connectivity index (χ0) is 14.5. The fourth-order valence-corrected chi connectivity index (χ4v) is 3.83. The van der Waals surface area contributed by atoms with E-state index in [4.69, 9.17) is 0 Å². The molecule has 0 spiro atoms. The summed E-state index contributed by atoms with van der Waals surface area (Å²) in [6, 6.07) is 6.92. The fraction of sp³-hybridized carbons (Fsp3) is 0.286. The lowest BCUT2D eigenvalue weighted by molar-refractivity contribution is 0.183. The van der Waals surface area contributed by atoms with Crippen LogP contribution in [0.5, 0.6) is 0 Å². The second-order valence-electron chi connectivity index (χ2n) is 4.36. The number of aliphatic hydroxyl groups excluding tert-OH is 1. The molecule has 0 amide bonds. The van der Waals surface area contributed by atoms with Gasteiger partial charge in [-0.1, -0.05) is 15.9 Å². The minimum atomic E-state index is -0.221. The minimum absolute atomic E-state index is 0.0542. The van der Waals surface area contributed by atoms with Gasteiger partial charge >= 0.3 is 0 Å². The Morgan fingerprint density at radius 2 is 2.00 bits per heavy atom. The molecule has 2 nitrogen and oxygen atoms in total. The van der Waals surface area contributed by atoms with Gasteiger partial charge in [0.05, 0.1) is 6.61 Å². The van der Waals surface area contributed by atoms with E-state index in [2.05, 4.69) is 31.9 Å². The topological polar surface area (TPSA) is 23.5 Å². The highest BCUT2D eigenvalue weighted by atomic mass is 79.9. The molecule has 2 aromatic rings. The molecular formula is C14H14Br2FNOS. The van der Waals surface area contributed by atoms with Crippen LogP contribution < -0.4 is 0 Å². The first-order valence-corrected chi connectivity index (χ1v) is 8.55. The predicted molar refractivity (Wildman–Crippen MR) is 87.3 cm³/mol. The van der Waals surface area contributed by atoms with Crippen molar-refractivity contribution >= 4 is 43.2 Å². The van der Waals surface area contributed by atoms with Crippen LogP contribution in [0.3, 0.4) is 0 Å². The van der Waals surface area contributed by atoms with Crippen LogP contribution in [-0.4, -0.2) is 23.2 Å². The molecule has 0 saturated heterocycles. The summed E-state index contributed by atoms with van der Waals surface area (Å²) in [5, 5.41) is 11.2. The molecule has 0 saturated carbocycles. The first-order chi connectivity index (χ1) is 9.60. The standard InChI is InChI=1S/C14H14Br2FNOS/c15-11-1-2-13(17)10(7-11)8-18(4-5-19)9-14-12(16)3-6-20-14/h1-3,6-7,19H,4-5,8-9H2. The van der Waals surface area contributed by atoms with Gasteiger partial charge in [0.15, 0.2) is 0 Å². The Balaban J connectivity index is 2.13.